The van der Waals surface area contributed by atoms with Crippen LogP contribution in [0.15, 0.2) is 54.6 Å². The van der Waals surface area contributed by atoms with E-state index in [0.29, 0.717) is 12.3 Å². The van der Waals surface area contributed by atoms with Gasteiger partial charge < -0.3 is 10.6 Å². The summed E-state index contributed by atoms with van der Waals surface area (Å²) in [6.07, 6.45) is 2.56. The predicted molar refractivity (Wildman–Crippen MR) is 93.9 cm³/mol. The van der Waals surface area contributed by atoms with Gasteiger partial charge in [-0.2, -0.15) is 0 Å². The summed E-state index contributed by atoms with van der Waals surface area (Å²) in [4.78, 5) is 14.4. The number of hydrogen-bond acceptors (Lipinski definition) is 2. The minimum atomic E-state index is 0.230. The zero-order valence-corrected chi connectivity index (χ0v) is 13.4. The van der Waals surface area contributed by atoms with Gasteiger partial charge >= 0.3 is 0 Å². The fourth-order valence-electron chi connectivity index (χ4n) is 3.15. The van der Waals surface area contributed by atoms with E-state index in [1.54, 1.807) is 0 Å². The van der Waals surface area contributed by atoms with Crippen LogP contribution >= 0.6 is 0 Å². The summed E-state index contributed by atoms with van der Waals surface area (Å²) in [5, 5.41) is 0. The first-order valence-corrected chi connectivity index (χ1v) is 8.38. The van der Waals surface area contributed by atoms with Gasteiger partial charge in [-0.3, -0.25) is 4.79 Å². The van der Waals surface area contributed by atoms with Gasteiger partial charge in [-0.15, -0.1) is 0 Å². The maximum Gasteiger partial charge on any atom is 0.226 e. The summed E-state index contributed by atoms with van der Waals surface area (Å²) in [7, 11) is 0. The molecule has 2 aromatic rings. The molecule has 3 rings (SSSR count). The van der Waals surface area contributed by atoms with Crippen LogP contribution in [0, 0.1) is 5.92 Å². The number of piperidine rings is 1. The summed E-state index contributed by atoms with van der Waals surface area (Å²) in [5.74, 6) is 0.817. The molecule has 1 aliphatic heterocycles. The highest BCUT2D eigenvalue weighted by atomic mass is 16.2. The minimum Gasteiger partial charge on any atom is -0.342 e. The molecule has 3 heteroatoms. The smallest absolute Gasteiger partial charge is 0.226 e. The molecule has 1 saturated heterocycles. The fourth-order valence-corrected chi connectivity index (χ4v) is 3.15. The highest BCUT2D eigenvalue weighted by molar-refractivity contribution is 5.79. The van der Waals surface area contributed by atoms with Crippen molar-refractivity contribution in [2.24, 2.45) is 11.7 Å². The molecule has 3 nitrogen and oxygen atoms in total. The third-order valence-corrected chi connectivity index (χ3v) is 4.72. The van der Waals surface area contributed by atoms with Crippen LogP contribution in [-0.2, 0) is 11.2 Å². The van der Waals surface area contributed by atoms with Crippen molar-refractivity contribution in [2.75, 3.05) is 19.6 Å². The van der Waals surface area contributed by atoms with Gasteiger partial charge in [0, 0.05) is 13.1 Å². The van der Waals surface area contributed by atoms with E-state index in [4.69, 9.17) is 5.73 Å². The van der Waals surface area contributed by atoms with Crippen molar-refractivity contribution < 1.29 is 4.79 Å². The van der Waals surface area contributed by atoms with Crippen LogP contribution in [0.25, 0.3) is 11.1 Å². The van der Waals surface area contributed by atoms with Crippen molar-refractivity contribution in [3.05, 3.63) is 60.2 Å². The molecular weight excluding hydrogens is 284 g/mol. The number of likely N-dealkylation sites (tertiary alicyclic amines) is 1. The first kappa shape index (κ1) is 15.8. The van der Waals surface area contributed by atoms with Gasteiger partial charge in [-0.05, 0) is 42.0 Å². The largest absolute Gasteiger partial charge is 0.342 e. The molecule has 0 atom stereocenters. The fraction of sp³-hybridized carbons (Fsp3) is 0.350. The molecule has 0 unspecified atom stereocenters. The zero-order valence-electron chi connectivity index (χ0n) is 13.4. The maximum absolute atomic E-state index is 12.4. The molecule has 0 radical (unpaired) electrons. The summed E-state index contributed by atoms with van der Waals surface area (Å²) >= 11 is 0. The molecule has 0 aromatic heterocycles. The second-order valence-electron chi connectivity index (χ2n) is 6.30. The van der Waals surface area contributed by atoms with Crippen LogP contribution in [-0.4, -0.2) is 30.4 Å². The Balaban J connectivity index is 1.59. The number of hydrogen-bond donors (Lipinski definition) is 1. The van der Waals surface area contributed by atoms with E-state index >= 15 is 0 Å². The number of benzene rings is 2. The Bertz CT molecular complexity index is 628. The van der Waals surface area contributed by atoms with Crippen LogP contribution in [0.1, 0.15) is 18.4 Å². The van der Waals surface area contributed by atoms with E-state index < -0.39 is 0 Å². The van der Waals surface area contributed by atoms with Gasteiger partial charge in [0.05, 0.1) is 6.42 Å². The van der Waals surface area contributed by atoms with Crippen molar-refractivity contribution in [3.63, 3.8) is 0 Å². The van der Waals surface area contributed by atoms with Gasteiger partial charge in [-0.25, -0.2) is 0 Å². The van der Waals surface area contributed by atoms with E-state index in [1.807, 2.05) is 23.1 Å². The van der Waals surface area contributed by atoms with Crippen molar-refractivity contribution in [3.8, 4) is 11.1 Å². The Morgan fingerprint density at radius 3 is 2.17 bits per heavy atom. The number of nitrogens with zero attached hydrogens (tertiary/aromatic N) is 1. The highest BCUT2D eigenvalue weighted by Gasteiger charge is 2.21. The Kier molecular flexibility index (Phi) is 5.09. The molecule has 0 saturated carbocycles. The molecule has 0 spiro atoms. The van der Waals surface area contributed by atoms with Crippen LogP contribution in [0.4, 0.5) is 0 Å². The summed E-state index contributed by atoms with van der Waals surface area (Å²) in [5.41, 5.74) is 9.18. The van der Waals surface area contributed by atoms with Crippen molar-refractivity contribution in [2.45, 2.75) is 19.3 Å². The summed E-state index contributed by atoms with van der Waals surface area (Å²) in [6.45, 7) is 2.44. The highest BCUT2D eigenvalue weighted by Crippen LogP contribution is 2.20. The van der Waals surface area contributed by atoms with Crippen LogP contribution in [0.2, 0.25) is 0 Å². The van der Waals surface area contributed by atoms with E-state index in [0.717, 1.165) is 38.0 Å². The summed E-state index contributed by atoms with van der Waals surface area (Å²) < 4.78 is 0. The van der Waals surface area contributed by atoms with E-state index in [2.05, 4.69) is 36.4 Å². The lowest BCUT2D eigenvalue weighted by Gasteiger charge is -2.31. The molecule has 120 valence electrons. The van der Waals surface area contributed by atoms with Crippen LogP contribution < -0.4 is 5.73 Å². The molecule has 0 aliphatic carbocycles. The van der Waals surface area contributed by atoms with Crippen LogP contribution in [0.3, 0.4) is 0 Å². The zero-order chi connectivity index (χ0) is 16.1. The van der Waals surface area contributed by atoms with E-state index in [1.165, 1.54) is 11.1 Å². The average Bonchev–Trinajstić information content (AvgIpc) is 2.63. The van der Waals surface area contributed by atoms with Gasteiger partial charge in [0.15, 0.2) is 0 Å². The third kappa shape index (κ3) is 3.99. The van der Waals surface area contributed by atoms with Crippen molar-refractivity contribution in [1.82, 2.24) is 4.90 Å². The maximum atomic E-state index is 12.4. The number of amides is 1. The van der Waals surface area contributed by atoms with Gasteiger partial charge in [-0.1, -0.05) is 54.6 Å². The molecule has 1 amide bonds. The average molecular weight is 308 g/mol. The quantitative estimate of drug-likeness (QED) is 0.943. The molecule has 23 heavy (non-hydrogen) atoms. The Labute approximate surface area is 138 Å². The second-order valence-corrected chi connectivity index (χ2v) is 6.30. The van der Waals surface area contributed by atoms with Gasteiger partial charge in [0.2, 0.25) is 5.91 Å². The second kappa shape index (κ2) is 7.42. The van der Waals surface area contributed by atoms with Crippen molar-refractivity contribution in [1.29, 1.82) is 0 Å². The topological polar surface area (TPSA) is 46.3 Å². The molecule has 1 fully saturated rings. The Morgan fingerprint density at radius 1 is 0.957 bits per heavy atom. The minimum absolute atomic E-state index is 0.230. The molecular formula is C20H24N2O. The standard InChI is InChI=1S/C20H24N2O/c21-15-17-10-12-22(13-11-17)20(23)14-16-6-8-19(9-7-16)18-4-2-1-3-5-18/h1-9,17H,10-15,21H2. The number of nitrogens with two attached hydrogens (primary N) is 1. The number of carbonyl (C=O) groups excluding carboxylic acids is 1. The third-order valence-electron chi connectivity index (χ3n) is 4.72. The van der Waals surface area contributed by atoms with Crippen LogP contribution in [0.5, 0.6) is 0 Å². The molecule has 0 bridgehead atoms. The lowest BCUT2D eigenvalue weighted by atomic mass is 9.96. The van der Waals surface area contributed by atoms with E-state index in [9.17, 15) is 4.79 Å². The molecule has 2 N–H and O–H groups in total. The molecule has 1 aliphatic rings. The monoisotopic (exact) mass is 308 g/mol. The summed E-state index contributed by atoms with van der Waals surface area (Å²) in [6, 6.07) is 18.6. The lowest BCUT2D eigenvalue weighted by Crippen LogP contribution is -2.40. The SMILES string of the molecule is NCC1CCN(C(=O)Cc2ccc(-c3ccccc3)cc2)CC1. The van der Waals surface area contributed by atoms with E-state index in [-0.39, 0.29) is 5.91 Å². The Hall–Kier alpha value is -2.13. The van der Waals surface area contributed by atoms with Gasteiger partial charge in [0.25, 0.3) is 0 Å². The molecule has 2 aromatic carbocycles. The number of rotatable bonds is 4. The number of carbonyl (C=O) groups is 1. The molecule has 1 heterocycles. The first-order valence-electron chi connectivity index (χ1n) is 8.38. The normalized spacial score (nSPS) is 15.6. The first-order chi connectivity index (χ1) is 11.3. The van der Waals surface area contributed by atoms with Crippen molar-refractivity contribution >= 4 is 5.91 Å². The predicted octanol–water partition coefficient (Wildman–Crippen LogP) is 3.09. The van der Waals surface area contributed by atoms with Gasteiger partial charge in [0.1, 0.15) is 0 Å². The lowest BCUT2D eigenvalue weighted by molar-refractivity contribution is -0.131. The Morgan fingerprint density at radius 2 is 1.57 bits per heavy atom.